The van der Waals surface area contributed by atoms with Crippen molar-refractivity contribution < 1.29 is 19.5 Å². The fraction of sp³-hybridized carbons (Fsp3) is 0.231. The van der Waals surface area contributed by atoms with Crippen LogP contribution in [0.1, 0.15) is 45.9 Å². The minimum atomic E-state index is -0.831. The van der Waals surface area contributed by atoms with Gasteiger partial charge in [0.25, 0.3) is 11.8 Å². The van der Waals surface area contributed by atoms with Crippen molar-refractivity contribution in [3.63, 3.8) is 0 Å². The van der Waals surface area contributed by atoms with Crippen LogP contribution in [-0.2, 0) is 16.2 Å². The summed E-state index contributed by atoms with van der Waals surface area (Å²) in [4.78, 5) is 34.0. The summed E-state index contributed by atoms with van der Waals surface area (Å²) < 4.78 is 0. The topological polar surface area (TPSA) is 78.9 Å². The quantitative estimate of drug-likeness (QED) is 0.454. The summed E-state index contributed by atoms with van der Waals surface area (Å²) in [5.74, 6) is -1.55. The predicted molar refractivity (Wildman–Crippen MR) is 130 cm³/mol. The van der Waals surface area contributed by atoms with E-state index in [1.807, 2.05) is 30.3 Å². The standard InChI is InChI=1S/C26H24Cl2N2O4/c1-16(31)14-30-24(21-12-11-18(27)13-22(21)28)23(19-9-5-6-10-20(19)26(30)33)25(32)29-34-15-17-7-3-2-4-8-17/h2-13,16,23-24,31H,14-15H2,1H3,(H,29,32). The number of fused-ring (bicyclic) bond motifs is 1. The minimum absolute atomic E-state index is 0.0193. The van der Waals surface area contributed by atoms with Gasteiger partial charge in [-0.2, -0.15) is 0 Å². The van der Waals surface area contributed by atoms with Gasteiger partial charge >= 0.3 is 0 Å². The molecule has 2 N–H and O–H groups in total. The third-order valence-electron chi connectivity index (χ3n) is 5.72. The number of benzene rings is 3. The van der Waals surface area contributed by atoms with Crippen LogP contribution in [0.15, 0.2) is 72.8 Å². The average molecular weight is 499 g/mol. The van der Waals surface area contributed by atoms with Crippen LogP contribution in [-0.4, -0.2) is 34.5 Å². The lowest BCUT2D eigenvalue weighted by molar-refractivity contribution is -0.138. The molecule has 176 valence electrons. The van der Waals surface area contributed by atoms with Crippen molar-refractivity contribution in [1.82, 2.24) is 10.4 Å². The third-order valence-corrected chi connectivity index (χ3v) is 6.28. The number of hydrogen-bond acceptors (Lipinski definition) is 4. The molecule has 34 heavy (non-hydrogen) atoms. The van der Waals surface area contributed by atoms with E-state index in [0.717, 1.165) is 5.56 Å². The number of aliphatic hydroxyl groups excluding tert-OH is 1. The number of rotatable bonds is 7. The molecule has 0 saturated heterocycles. The van der Waals surface area contributed by atoms with Gasteiger partial charge in [0, 0.05) is 22.2 Å². The summed E-state index contributed by atoms with van der Waals surface area (Å²) in [5, 5.41) is 10.9. The summed E-state index contributed by atoms with van der Waals surface area (Å²) in [6, 6.07) is 20.6. The Kier molecular flexibility index (Phi) is 7.54. The highest BCUT2D eigenvalue weighted by Gasteiger charge is 2.45. The van der Waals surface area contributed by atoms with Crippen molar-refractivity contribution in [3.8, 4) is 0 Å². The highest BCUT2D eigenvalue weighted by atomic mass is 35.5. The second-order valence-corrected chi connectivity index (χ2v) is 9.07. The smallest absolute Gasteiger partial charge is 0.254 e. The molecule has 0 radical (unpaired) electrons. The van der Waals surface area contributed by atoms with Crippen molar-refractivity contribution in [1.29, 1.82) is 0 Å². The lowest BCUT2D eigenvalue weighted by Crippen LogP contribution is -2.49. The van der Waals surface area contributed by atoms with Crippen molar-refractivity contribution in [2.24, 2.45) is 0 Å². The van der Waals surface area contributed by atoms with E-state index < -0.39 is 24.0 Å². The molecule has 6 nitrogen and oxygen atoms in total. The summed E-state index contributed by atoms with van der Waals surface area (Å²) in [6.07, 6.45) is -0.819. The lowest BCUT2D eigenvalue weighted by atomic mass is 9.79. The van der Waals surface area contributed by atoms with Gasteiger partial charge in [0.15, 0.2) is 0 Å². The largest absolute Gasteiger partial charge is 0.392 e. The maximum absolute atomic E-state index is 13.5. The van der Waals surface area contributed by atoms with Crippen molar-refractivity contribution in [3.05, 3.63) is 105 Å². The molecule has 3 aromatic rings. The van der Waals surface area contributed by atoms with Gasteiger partial charge in [0.1, 0.15) is 0 Å². The van der Waals surface area contributed by atoms with Gasteiger partial charge in [0.2, 0.25) is 0 Å². The lowest BCUT2D eigenvalue weighted by Gasteiger charge is -2.42. The van der Waals surface area contributed by atoms with E-state index in [-0.39, 0.29) is 19.1 Å². The number of halogens is 2. The Bertz CT molecular complexity index is 1190. The summed E-state index contributed by atoms with van der Waals surface area (Å²) >= 11 is 12.7. The molecule has 0 saturated carbocycles. The van der Waals surface area contributed by atoms with Gasteiger partial charge in [-0.25, -0.2) is 5.48 Å². The van der Waals surface area contributed by atoms with Gasteiger partial charge < -0.3 is 10.0 Å². The highest BCUT2D eigenvalue weighted by Crippen LogP contribution is 2.45. The fourth-order valence-corrected chi connectivity index (χ4v) is 4.80. The number of hydroxylamine groups is 1. The van der Waals surface area contributed by atoms with Gasteiger partial charge in [0.05, 0.1) is 24.7 Å². The van der Waals surface area contributed by atoms with Gasteiger partial charge in [-0.1, -0.05) is 77.8 Å². The molecule has 8 heteroatoms. The first-order valence-electron chi connectivity index (χ1n) is 10.8. The molecule has 3 aromatic carbocycles. The van der Waals surface area contributed by atoms with Crippen LogP contribution in [0.2, 0.25) is 10.0 Å². The number of aliphatic hydroxyl groups is 1. The Hall–Kier alpha value is -2.90. The molecule has 0 bridgehead atoms. The van der Waals surface area contributed by atoms with Crippen molar-refractivity contribution in [2.75, 3.05) is 6.54 Å². The van der Waals surface area contributed by atoms with Crippen molar-refractivity contribution in [2.45, 2.75) is 31.6 Å². The first-order chi connectivity index (χ1) is 16.4. The molecule has 3 atom stereocenters. The van der Waals surface area contributed by atoms with Crippen LogP contribution in [0.5, 0.6) is 0 Å². The summed E-state index contributed by atoms with van der Waals surface area (Å²) in [5.41, 5.74) is 4.96. The van der Waals surface area contributed by atoms with Gasteiger partial charge in [-0.15, -0.1) is 0 Å². The number of amides is 2. The highest BCUT2D eigenvalue weighted by molar-refractivity contribution is 6.35. The zero-order valence-electron chi connectivity index (χ0n) is 18.4. The molecule has 0 spiro atoms. The van der Waals surface area contributed by atoms with E-state index in [0.29, 0.717) is 26.7 Å². The average Bonchev–Trinajstić information content (AvgIpc) is 2.81. The maximum atomic E-state index is 13.5. The number of hydrogen-bond donors (Lipinski definition) is 2. The summed E-state index contributed by atoms with van der Waals surface area (Å²) in [7, 11) is 0. The Labute approximate surface area is 208 Å². The zero-order valence-corrected chi connectivity index (χ0v) is 20.0. The monoisotopic (exact) mass is 498 g/mol. The fourth-order valence-electron chi connectivity index (χ4n) is 4.28. The molecular formula is C26H24Cl2N2O4. The van der Waals surface area contributed by atoms with Crippen LogP contribution >= 0.6 is 23.2 Å². The Morgan fingerprint density at radius 1 is 1.06 bits per heavy atom. The molecule has 0 fully saturated rings. The molecular weight excluding hydrogens is 475 g/mol. The molecule has 0 aliphatic carbocycles. The first kappa shape index (κ1) is 24.2. The molecule has 1 aliphatic heterocycles. The van der Waals surface area contributed by atoms with Crippen LogP contribution in [0.25, 0.3) is 0 Å². The normalized spacial score (nSPS) is 18.4. The van der Waals surface area contributed by atoms with E-state index in [1.54, 1.807) is 49.4 Å². The molecule has 1 aliphatic rings. The molecule has 3 unspecified atom stereocenters. The van der Waals surface area contributed by atoms with Crippen molar-refractivity contribution >= 4 is 35.0 Å². The van der Waals surface area contributed by atoms with Gasteiger partial charge in [-0.05, 0) is 41.8 Å². The zero-order chi connectivity index (χ0) is 24.2. The van der Waals surface area contributed by atoms with E-state index in [4.69, 9.17) is 28.0 Å². The number of carbonyl (C=O) groups excluding carboxylic acids is 2. The van der Waals surface area contributed by atoms with E-state index in [9.17, 15) is 14.7 Å². The second kappa shape index (κ2) is 10.6. The number of β-amino-alcohol motifs (C(OH)–C–C–N with tert-alkyl or cyclic N) is 1. The number of nitrogens with zero attached hydrogens (tertiary/aromatic N) is 1. The van der Waals surface area contributed by atoms with Crippen LogP contribution in [0.4, 0.5) is 0 Å². The van der Waals surface area contributed by atoms with E-state index in [2.05, 4.69) is 5.48 Å². The van der Waals surface area contributed by atoms with Crippen LogP contribution < -0.4 is 5.48 Å². The Balaban J connectivity index is 1.74. The van der Waals surface area contributed by atoms with Crippen LogP contribution in [0, 0.1) is 0 Å². The minimum Gasteiger partial charge on any atom is -0.392 e. The Morgan fingerprint density at radius 3 is 2.47 bits per heavy atom. The van der Waals surface area contributed by atoms with Crippen LogP contribution in [0.3, 0.4) is 0 Å². The van der Waals surface area contributed by atoms with E-state index >= 15 is 0 Å². The Morgan fingerprint density at radius 2 is 1.76 bits per heavy atom. The van der Waals surface area contributed by atoms with Gasteiger partial charge in [-0.3, -0.25) is 14.4 Å². The molecule has 2 amide bonds. The first-order valence-corrected chi connectivity index (χ1v) is 11.6. The maximum Gasteiger partial charge on any atom is 0.254 e. The van der Waals surface area contributed by atoms with E-state index in [1.165, 1.54) is 4.90 Å². The number of nitrogens with one attached hydrogen (secondary N) is 1. The third kappa shape index (κ3) is 5.10. The summed E-state index contributed by atoms with van der Waals surface area (Å²) in [6.45, 7) is 1.79. The number of carbonyl (C=O) groups is 2. The predicted octanol–water partition coefficient (Wildman–Crippen LogP) is 4.90. The molecule has 0 aromatic heterocycles. The second-order valence-electron chi connectivity index (χ2n) is 8.22. The molecule has 1 heterocycles. The SMILES string of the molecule is CC(O)CN1C(=O)c2ccccc2C(C(=O)NOCc2ccccc2)C1c1ccc(Cl)cc1Cl. The molecule has 4 rings (SSSR count).